The summed E-state index contributed by atoms with van der Waals surface area (Å²) in [5.41, 5.74) is 2.50. The molecule has 0 spiro atoms. The number of likely N-dealkylation sites (tertiary alicyclic amines) is 1. The lowest BCUT2D eigenvalue weighted by molar-refractivity contribution is 0.206. The molecule has 0 unspecified atom stereocenters. The molecule has 4 aromatic rings. The van der Waals surface area contributed by atoms with Gasteiger partial charge in [-0.2, -0.15) is 0 Å². The third-order valence-electron chi connectivity index (χ3n) is 6.80. The lowest BCUT2D eigenvalue weighted by atomic mass is 10.0. The van der Waals surface area contributed by atoms with Gasteiger partial charge in [-0.1, -0.05) is 42.5 Å². The Balaban J connectivity index is 1.31. The van der Waals surface area contributed by atoms with Crippen molar-refractivity contribution in [3.05, 3.63) is 120 Å². The van der Waals surface area contributed by atoms with E-state index in [1.807, 2.05) is 61.5 Å². The molecule has 1 heterocycles. The number of hydrogen-bond donors (Lipinski definition) is 0. The summed E-state index contributed by atoms with van der Waals surface area (Å²) in [6, 6.07) is 30.2. The van der Waals surface area contributed by atoms with Crippen LogP contribution in [0.4, 0.5) is 10.1 Å². The zero-order chi connectivity index (χ0) is 26.5. The summed E-state index contributed by atoms with van der Waals surface area (Å²) in [7, 11) is -3.83. The first-order valence-corrected chi connectivity index (χ1v) is 14.2. The van der Waals surface area contributed by atoms with Crippen LogP contribution in [0.3, 0.4) is 0 Å². The highest BCUT2D eigenvalue weighted by atomic mass is 32.2. The van der Waals surface area contributed by atoms with Gasteiger partial charge in [-0.05, 0) is 91.6 Å². The van der Waals surface area contributed by atoms with Crippen LogP contribution in [0.1, 0.15) is 24.0 Å². The summed E-state index contributed by atoms with van der Waals surface area (Å²) >= 11 is 0. The molecule has 0 aliphatic carbocycles. The quantitative estimate of drug-likeness (QED) is 0.252. The summed E-state index contributed by atoms with van der Waals surface area (Å²) < 4.78 is 48.8. The van der Waals surface area contributed by atoms with Gasteiger partial charge in [0.15, 0.2) is 0 Å². The predicted octanol–water partition coefficient (Wildman–Crippen LogP) is 6.79. The number of halogens is 1. The Morgan fingerprint density at radius 2 is 1.53 bits per heavy atom. The maximum atomic E-state index is 13.8. The monoisotopic (exact) mass is 530 g/mol. The Labute approximate surface area is 224 Å². The van der Waals surface area contributed by atoms with Crippen LogP contribution in [-0.4, -0.2) is 32.4 Å². The predicted molar refractivity (Wildman–Crippen MR) is 149 cm³/mol. The molecule has 38 heavy (non-hydrogen) atoms. The SMILES string of the molecule is Cc1cccc(S(=O)(=O)N(c2ccc(F)cc2)C2CCN(Cc3cccc(Oc4ccccc4)c3)CC2)c1. The molecule has 1 aliphatic rings. The molecule has 0 radical (unpaired) electrons. The normalized spacial score (nSPS) is 14.8. The Bertz CT molecular complexity index is 1470. The van der Waals surface area contributed by atoms with Crippen molar-refractivity contribution in [3.8, 4) is 11.5 Å². The molecular formula is C31H31FN2O3S. The van der Waals surface area contributed by atoms with Crippen LogP contribution in [0.25, 0.3) is 0 Å². The van der Waals surface area contributed by atoms with Crippen molar-refractivity contribution in [1.29, 1.82) is 0 Å². The number of hydrogen-bond acceptors (Lipinski definition) is 4. The van der Waals surface area contributed by atoms with Gasteiger partial charge in [-0.3, -0.25) is 9.21 Å². The first-order chi connectivity index (χ1) is 18.4. The second kappa shape index (κ2) is 11.4. The minimum atomic E-state index is -3.83. The molecule has 1 fully saturated rings. The molecule has 4 aromatic carbocycles. The van der Waals surface area contributed by atoms with E-state index in [9.17, 15) is 12.8 Å². The molecule has 0 N–H and O–H groups in total. The highest BCUT2D eigenvalue weighted by Gasteiger charge is 2.34. The Kier molecular flexibility index (Phi) is 7.77. The minimum absolute atomic E-state index is 0.227. The van der Waals surface area contributed by atoms with Crippen LogP contribution < -0.4 is 9.04 Å². The van der Waals surface area contributed by atoms with Crippen LogP contribution >= 0.6 is 0 Å². The summed E-state index contributed by atoms with van der Waals surface area (Å²) in [5, 5.41) is 0. The molecular weight excluding hydrogens is 499 g/mol. The van der Waals surface area contributed by atoms with Crippen molar-refractivity contribution in [1.82, 2.24) is 4.90 Å². The number of aryl methyl sites for hydroxylation is 1. The molecule has 1 saturated heterocycles. The fourth-order valence-corrected chi connectivity index (χ4v) is 6.74. The first-order valence-electron chi connectivity index (χ1n) is 12.8. The molecule has 0 saturated carbocycles. The zero-order valence-corrected chi connectivity index (χ0v) is 22.1. The van der Waals surface area contributed by atoms with E-state index in [0.717, 1.165) is 42.3 Å². The van der Waals surface area contributed by atoms with Gasteiger partial charge in [-0.25, -0.2) is 12.8 Å². The van der Waals surface area contributed by atoms with Gasteiger partial charge in [0, 0.05) is 25.7 Å². The van der Waals surface area contributed by atoms with Gasteiger partial charge in [0.05, 0.1) is 10.6 Å². The second-order valence-electron chi connectivity index (χ2n) is 9.66. The van der Waals surface area contributed by atoms with Gasteiger partial charge in [0.2, 0.25) is 0 Å². The van der Waals surface area contributed by atoms with E-state index in [-0.39, 0.29) is 10.9 Å². The van der Waals surface area contributed by atoms with Gasteiger partial charge < -0.3 is 4.74 Å². The van der Waals surface area contributed by atoms with Gasteiger partial charge in [-0.15, -0.1) is 0 Å². The Morgan fingerprint density at radius 1 is 0.842 bits per heavy atom. The van der Waals surface area contributed by atoms with Crippen LogP contribution in [0, 0.1) is 12.7 Å². The van der Waals surface area contributed by atoms with Gasteiger partial charge in [0.25, 0.3) is 10.0 Å². The van der Waals surface area contributed by atoms with Crippen LogP contribution in [0.15, 0.2) is 108 Å². The summed E-state index contributed by atoms with van der Waals surface area (Å²) in [6.07, 6.45) is 1.34. The molecule has 1 aliphatic heterocycles. The second-order valence-corrected chi connectivity index (χ2v) is 11.5. The standard InChI is InChI=1S/C31H31FN2O3S/c1-24-7-5-12-31(21-24)38(35,36)34(27-15-13-26(32)14-16-27)28-17-19-33(20-18-28)23-25-8-6-11-30(22-25)37-29-9-3-2-4-10-29/h2-16,21-22,28H,17-20,23H2,1H3. The Morgan fingerprint density at radius 3 is 2.24 bits per heavy atom. The van der Waals surface area contributed by atoms with Crippen molar-refractivity contribution in [2.45, 2.75) is 37.2 Å². The maximum absolute atomic E-state index is 13.8. The number of anilines is 1. The van der Waals surface area contributed by atoms with Crippen LogP contribution in [-0.2, 0) is 16.6 Å². The number of rotatable bonds is 8. The van der Waals surface area contributed by atoms with E-state index in [0.29, 0.717) is 18.5 Å². The highest BCUT2D eigenvalue weighted by Crippen LogP contribution is 2.31. The topological polar surface area (TPSA) is 49.9 Å². The molecule has 0 aromatic heterocycles. The maximum Gasteiger partial charge on any atom is 0.264 e. The first kappa shape index (κ1) is 25.9. The zero-order valence-electron chi connectivity index (χ0n) is 21.3. The van der Waals surface area contributed by atoms with E-state index < -0.39 is 15.8 Å². The smallest absolute Gasteiger partial charge is 0.264 e. The number of ether oxygens (including phenoxy) is 1. The average molecular weight is 531 g/mol. The van der Waals surface area contributed by atoms with Crippen molar-refractivity contribution in [2.24, 2.45) is 0 Å². The molecule has 196 valence electrons. The van der Waals surface area contributed by atoms with Crippen molar-refractivity contribution in [3.63, 3.8) is 0 Å². The van der Waals surface area contributed by atoms with E-state index >= 15 is 0 Å². The largest absolute Gasteiger partial charge is 0.457 e. The van der Waals surface area contributed by atoms with Crippen molar-refractivity contribution in [2.75, 3.05) is 17.4 Å². The molecule has 0 bridgehead atoms. The molecule has 7 heteroatoms. The van der Waals surface area contributed by atoms with Crippen LogP contribution in [0.2, 0.25) is 0 Å². The third-order valence-corrected chi connectivity index (χ3v) is 8.68. The number of piperidine rings is 1. The van der Waals surface area contributed by atoms with Crippen molar-refractivity contribution < 1.29 is 17.5 Å². The lowest BCUT2D eigenvalue weighted by Gasteiger charge is -2.39. The number of benzene rings is 4. The average Bonchev–Trinajstić information content (AvgIpc) is 2.92. The number of para-hydroxylation sites is 1. The van der Waals surface area contributed by atoms with Crippen molar-refractivity contribution >= 4 is 15.7 Å². The minimum Gasteiger partial charge on any atom is -0.457 e. The summed E-state index contributed by atoms with van der Waals surface area (Å²) in [5.74, 6) is 1.19. The molecule has 5 nitrogen and oxygen atoms in total. The van der Waals surface area contributed by atoms with E-state index in [1.165, 1.54) is 16.4 Å². The van der Waals surface area contributed by atoms with E-state index in [4.69, 9.17) is 4.74 Å². The van der Waals surface area contributed by atoms with Crippen LogP contribution in [0.5, 0.6) is 11.5 Å². The highest BCUT2D eigenvalue weighted by molar-refractivity contribution is 7.92. The summed E-state index contributed by atoms with van der Waals surface area (Å²) in [6.45, 7) is 4.12. The molecule has 0 amide bonds. The third kappa shape index (κ3) is 6.06. The number of sulfonamides is 1. The van der Waals surface area contributed by atoms with Gasteiger partial charge in [0.1, 0.15) is 17.3 Å². The fraction of sp³-hybridized carbons (Fsp3) is 0.226. The lowest BCUT2D eigenvalue weighted by Crippen LogP contribution is -2.47. The molecule has 5 rings (SSSR count). The van der Waals surface area contributed by atoms with E-state index in [2.05, 4.69) is 11.0 Å². The summed E-state index contributed by atoms with van der Waals surface area (Å²) in [4.78, 5) is 2.58. The van der Waals surface area contributed by atoms with E-state index in [1.54, 1.807) is 30.3 Å². The Hall–Kier alpha value is -3.68. The van der Waals surface area contributed by atoms with Gasteiger partial charge >= 0.3 is 0 Å². The fourth-order valence-electron chi connectivity index (χ4n) is 4.93. The number of nitrogens with zero attached hydrogens (tertiary/aromatic N) is 2. The molecule has 0 atom stereocenters.